The molecule has 0 spiro atoms. The van der Waals surface area contributed by atoms with Gasteiger partial charge in [0, 0.05) is 28.5 Å². The van der Waals surface area contributed by atoms with Crippen molar-refractivity contribution >= 4 is 17.4 Å². The van der Waals surface area contributed by atoms with Gasteiger partial charge in [0.2, 0.25) is 0 Å². The number of hydrogen-bond acceptors (Lipinski definition) is 2. The molecule has 16 heavy (non-hydrogen) atoms. The van der Waals surface area contributed by atoms with Crippen molar-refractivity contribution in [2.75, 3.05) is 0 Å². The minimum absolute atomic E-state index is 0.100. The Morgan fingerprint density at radius 3 is 2.75 bits per heavy atom. The molecule has 1 aromatic carbocycles. The van der Waals surface area contributed by atoms with Crippen molar-refractivity contribution in [3.05, 3.63) is 34.9 Å². The molecule has 0 amide bonds. The molecule has 0 saturated carbocycles. The summed E-state index contributed by atoms with van der Waals surface area (Å²) >= 11 is 5.80. The fourth-order valence-corrected chi connectivity index (χ4v) is 1.47. The van der Waals surface area contributed by atoms with Crippen LogP contribution in [0.4, 0.5) is 0 Å². The number of nitrogens with one attached hydrogen (secondary N) is 1. The normalized spacial score (nSPS) is 24.2. The molecule has 1 N–H and O–H groups in total. The largest absolute Gasteiger partial charge is 0.303 e. The molecule has 1 atom stereocenters. The summed E-state index contributed by atoms with van der Waals surface area (Å²) in [5, 5.41) is 2.34. The van der Waals surface area contributed by atoms with Gasteiger partial charge in [0.05, 0.1) is 6.04 Å². The maximum atomic E-state index is 12.5. The monoisotopic (exact) mass is 248 g/mol. The average molecular weight is 249 g/mol. The van der Waals surface area contributed by atoms with Gasteiger partial charge in [-0.3, -0.25) is 4.79 Å². The molecule has 1 rings (SSSR count). The summed E-state index contributed by atoms with van der Waals surface area (Å²) in [4.78, 5) is 12.5. The average Bonchev–Trinajstić information content (AvgIpc) is 2.39. The van der Waals surface area contributed by atoms with Crippen molar-refractivity contribution in [1.82, 2.24) is 5.32 Å². The summed E-state index contributed by atoms with van der Waals surface area (Å²) in [5.41, 5.74) is -3.16. The fourth-order valence-electron chi connectivity index (χ4n) is 1.28. The van der Waals surface area contributed by atoms with Gasteiger partial charge in [-0.25, -0.2) is 0 Å². The Morgan fingerprint density at radius 2 is 2.19 bits per heavy atom. The fraction of sp³-hybridized carbons (Fsp3) is 0.462. The SMILES string of the molecule is [2H]C([2H])([2H])C(NC(C)C(=O)c1cccc(Cl)c1)(C([2H])([2H])[2H])C([2H])([2H])[2H]. The van der Waals surface area contributed by atoms with E-state index >= 15 is 0 Å². The van der Waals surface area contributed by atoms with E-state index in [9.17, 15) is 4.79 Å². The van der Waals surface area contributed by atoms with E-state index in [-0.39, 0.29) is 10.6 Å². The first-order valence-electron chi connectivity index (χ1n) is 9.12. The Kier molecular flexibility index (Phi) is 1.62. The van der Waals surface area contributed by atoms with Crippen molar-refractivity contribution in [2.24, 2.45) is 0 Å². The number of ketones is 1. The first-order valence-corrected chi connectivity index (χ1v) is 5.00. The predicted octanol–water partition coefficient (Wildman–Crippen LogP) is 3.30. The van der Waals surface area contributed by atoms with Crippen LogP contribution >= 0.6 is 11.6 Å². The third-order valence-corrected chi connectivity index (χ3v) is 2.17. The van der Waals surface area contributed by atoms with Crippen LogP contribution < -0.4 is 5.32 Å². The van der Waals surface area contributed by atoms with Crippen LogP contribution in [-0.4, -0.2) is 17.4 Å². The van der Waals surface area contributed by atoms with E-state index in [2.05, 4.69) is 5.32 Å². The number of Topliss-reactive ketones (excluding diaryl/α,β-unsaturated/α-hetero) is 1. The van der Waals surface area contributed by atoms with E-state index in [1.807, 2.05) is 0 Å². The number of hydrogen-bond donors (Lipinski definition) is 1. The lowest BCUT2D eigenvalue weighted by atomic mass is 10.0. The molecule has 0 fully saturated rings. The minimum atomic E-state index is -3.42. The van der Waals surface area contributed by atoms with Gasteiger partial charge in [0.15, 0.2) is 5.78 Å². The van der Waals surface area contributed by atoms with Gasteiger partial charge < -0.3 is 5.32 Å². The summed E-state index contributed by atoms with van der Waals surface area (Å²) in [5.74, 6) is -0.676. The lowest BCUT2D eigenvalue weighted by Crippen LogP contribution is -2.46. The van der Waals surface area contributed by atoms with Crippen LogP contribution in [0.5, 0.6) is 0 Å². The van der Waals surface area contributed by atoms with Crippen LogP contribution in [0.2, 0.25) is 5.02 Å². The van der Waals surface area contributed by atoms with E-state index in [4.69, 9.17) is 23.9 Å². The number of rotatable bonds is 3. The van der Waals surface area contributed by atoms with E-state index in [0.717, 1.165) is 0 Å². The Labute approximate surface area is 115 Å². The first-order chi connectivity index (χ1) is 11.0. The molecular formula is C13H18ClNO. The highest BCUT2D eigenvalue weighted by molar-refractivity contribution is 6.31. The molecule has 1 unspecified atom stereocenters. The lowest BCUT2D eigenvalue weighted by molar-refractivity contribution is 0.0936. The molecule has 0 heterocycles. The minimum Gasteiger partial charge on any atom is -0.303 e. The van der Waals surface area contributed by atoms with Gasteiger partial charge in [-0.15, -0.1) is 0 Å². The van der Waals surface area contributed by atoms with Crippen LogP contribution in [0.1, 0.15) is 50.2 Å². The van der Waals surface area contributed by atoms with Crippen LogP contribution in [0, 0.1) is 0 Å². The second-order valence-electron chi connectivity index (χ2n) is 3.49. The van der Waals surface area contributed by atoms with Crippen molar-refractivity contribution in [3.8, 4) is 0 Å². The molecule has 3 heteroatoms. The molecule has 0 aliphatic rings. The van der Waals surface area contributed by atoms with Crippen LogP contribution in [0.25, 0.3) is 0 Å². The van der Waals surface area contributed by atoms with Crippen LogP contribution in [-0.2, 0) is 0 Å². The van der Waals surface area contributed by atoms with Crippen molar-refractivity contribution in [2.45, 2.75) is 39.1 Å². The zero-order chi connectivity index (χ0) is 19.8. The second-order valence-corrected chi connectivity index (χ2v) is 3.93. The third kappa shape index (κ3) is 3.95. The summed E-state index contributed by atoms with van der Waals surface area (Å²) in [6, 6.07) is 4.36. The van der Waals surface area contributed by atoms with Gasteiger partial charge in [0.1, 0.15) is 0 Å². The van der Waals surface area contributed by atoms with Gasteiger partial charge in [-0.1, -0.05) is 23.7 Å². The smallest absolute Gasteiger partial charge is 0.179 e. The molecule has 0 saturated heterocycles. The van der Waals surface area contributed by atoms with E-state index < -0.39 is 37.9 Å². The number of carbonyl (C=O) groups is 1. The highest BCUT2D eigenvalue weighted by Gasteiger charge is 2.20. The lowest BCUT2D eigenvalue weighted by Gasteiger charge is -2.25. The highest BCUT2D eigenvalue weighted by atomic mass is 35.5. The van der Waals surface area contributed by atoms with E-state index in [1.165, 1.54) is 31.2 Å². The topological polar surface area (TPSA) is 29.1 Å². The zero-order valence-electron chi connectivity index (χ0n) is 17.7. The molecule has 0 radical (unpaired) electrons. The Hall–Kier alpha value is -0.860. The molecule has 0 aliphatic carbocycles. The summed E-state index contributed by atoms with van der Waals surface area (Å²) in [6.07, 6.45) is 0. The number of halogens is 1. The Morgan fingerprint density at radius 1 is 1.50 bits per heavy atom. The maximum absolute atomic E-state index is 12.5. The number of benzene rings is 1. The van der Waals surface area contributed by atoms with Gasteiger partial charge in [-0.05, 0) is 39.6 Å². The van der Waals surface area contributed by atoms with E-state index in [1.54, 1.807) is 0 Å². The first kappa shape index (κ1) is 5.19. The zero-order valence-corrected chi connectivity index (χ0v) is 9.43. The quantitative estimate of drug-likeness (QED) is 0.832. The summed E-state index contributed by atoms with van der Waals surface area (Å²) in [6.45, 7) is -9.06. The van der Waals surface area contributed by atoms with Gasteiger partial charge >= 0.3 is 0 Å². The van der Waals surface area contributed by atoms with Crippen molar-refractivity contribution in [3.63, 3.8) is 0 Å². The standard InChI is InChI=1S/C13H18ClNO/c1-9(15-13(2,3)4)12(16)10-6-5-7-11(14)8-10/h5-9,15H,1-4H3/i2D3,3D3,4D3. The molecule has 2 nitrogen and oxygen atoms in total. The summed E-state index contributed by atoms with van der Waals surface area (Å²) < 4.78 is 67.9. The highest BCUT2D eigenvalue weighted by Crippen LogP contribution is 2.13. The van der Waals surface area contributed by atoms with Gasteiger partial charge in [-0.2, -0.15) is 0 Å². The van der Waals surface area contributed by atoms with Crippen LogP contribution in [0.3, 0.4) is 0 Å². The van der Waals surface area contributed by atoms with Crippen molar-refractivity contribution in [1.29, 1.82) is 0 Å². The Bertz CT molecular complexity index is 600. The molecule has 0 aromatic heterocycles. The molecular weight excluding hydrogens is 222 g/mol. The Balaban J connectivity index is 3.37. The van der Waals surface area contributed by atoms with E-state index in [0.29, 0.717) is 0 Å². The second kappa shape index (κ2) is 4.98. The molecule has 88 valence electrons. The van der Waals surface area contributed by atoms with Crippen molar-refractivity contribution < 1.29 is 17.1 Å². The predicted molar refractivity (Wildman–Crippen MR) is 68.1 cm³/mol. The summed E-state index contributed by atoms with van der Waals surface area (Å²) in [7, 11) is 0. The molecule has 1 aromatic rings. The molecule has 0 bridgehead atoms. The third-order valence-electron chi connectivity index (χ3n) is 1.94. The van der Waals surface area contributed by atoms with Gasteiger partial charge in [0.25, 0.3) is 0 Å². The van der Waals surface area contributed by atoms with Crippen LogP contribution in [0.15, 0.2) is 24.3 Å². The maximum Gasteiger partial charge on any atom is 0.179 e. The number of carbonyl (C=O) groups excluding carboxylic acids is 1. The molecule has 0 aliphatic heterocycles.